The second kappa shape index (κ2) is 6.90. The van der Waals surface area contributed by atoms with Crippen LogP contribution in [0.1, 0.15) is 19.3 Å². The first kappa shape index (κ1) is 15.7. The Morgan fingerprint density at radius 2 is 2.43 bits per heavy atom. The zero-order chi connectivity index (χ0) is 14.7. The Kier molecular flexibility index (Phi) is 5.15. The molecule has 2 aliphatic rings. The lowest BCUT2D eigenvalue weighted by Gasteiger charge is -2.39. The van der Waals surface area contributed by atoms with Crippen LogP contribution in [-0.4, -0.2) is 40.7 Å². The van der Waals surface area contributed by atoms with Crippen molar-refractivity contribution in [3.63, 3.8) is 0 Å². The molecule has 2 saturated heterocycles. The van der Waals surface area contributed by atoms with E-state index < -0.39 is 0 Å². The average Bonchev–Trinajstić information content (AvgIpc) is 2.93. The summed E-state index contributed by atoms with van der Waals surface area (Å²) in [6.07, 6.45) is 2.66. The van der Waals surface area contributed by atoms with Crippen LogP contribution < -0.4 is 0 Å². The van der Waals surface area contributed by atoms with Gasteiger partial charge in [0, 0.05) is 23.0 Å². The van der Waals surface area contributed by atoms with Crippen LogP contribution in [0.2, 0.25) is 0 Å². The molecule has 0 radical (unpaired) electrons. The number of aliphatic hydroxyl groups excluding tert-OH is 1. The van der Waals surface area contributed by atoms with Crippen molar-refractivity contribution in [1.29, 1.82) is 0 Å². The normalized spacial score (nSPS) is 30.7. The maximum atomic E-state index is 13.2. The fourth-order valence-corrected chi connectivity index (χ4v) is 5.52. The van der Waals surface area contributed by atoms with E-state index in [1.54, 1.807) is 6.07 Å². The van der Waals surface area contributed by atoms with Crippen molar-refractivity contribution in [1.82, 2.24) is 0 Å². The molecule has 0 aromatic heterocycles. The molecule has 1 N–H and O–H groups in total. The van der Waals surface area contributed by atoms with E-state index in [-0.39, 0.29) is 17.5 Å². The Balaban J connectivity index is 1.54. The summed E-state index contributed by atoms with van der Waals surface area (Å²) in [5, 5.41) is 10.5. The number of thioether (sulfide) groups is 2. The Morgan fingerprint density at radius 3 is 3.19 bits per heavy atom. The minimum atomic E-state index is -0.343. The van der Waals surface area contributed by atoms with Crippen LogP contribution >= 0.6 is 23.5 Å². The molecule has 0 bridgehead atoms. The molecule has 0 aliphatic carbocycles. The first-order chi connectivity index (χ1) is 10.2. The van der Waals surface area contributed by atoms with Crippen LogP contribution in [-0.2, 0) is 4.74 Å². The van der Waals surface area contributed by atoms with Gasteiger partial charge in [-0.15, -0.1) is 11.8 Å². The molecule has 1 aromatic rings. The van der Waals surface area contributed by atoms with E-state index in [2.05, 4.69) is 0 Å². The molecule has 5 heteroatoms. The van der Waals surface area contributed by atoms with Gasteiger partial charge in [-0.3, -0.25) is 0 Å². The molecule has 0 saturated carbocycles. The largest absolute Gasteiger partial charge is 0.392 e. The fourth-order valence-electron chi connectivity index (χ4n) is 3.13. The number of ether oxygens (including phenoxy) is 1. The molecule has 2 nitrogen and oxygen atoms in total. The van der Waals surface area contributed by atoms with Crippen LogP contribution in [0.15, 0.2) is 29.2 Å². The summed E-state index contributed by atoms with van der Waals surface area (Å²) >= 11 is 3.48. The molecule has 1 spiro atoms. The smallest absolute Gasteiger partial charge is 0.124 e. The molecule has 2 heterocycles. The lowest BCUT2D eigenvalue weighted by molar-refractivity contribution is -0.0977. The van der Waals surface area contributed by atoms with Gasteiger partial charge in [-0.1, -0.05) is 6.07 Å². The Bertz CT molecular complexity index is 477. The highest BCUT2D eigenvalue weighted by molar-refractivity contribution is 7.99. The topological polar surface area (TPSA) is 29.5 Å². The number of aliphatic hydroxyl groups is 1. The maximum Gasteiger partial charge on any atom is 0.124 e. The molecular weight excluding hydrogens is 307 g/mol. The summed E-state index contributed by atoms with van der Waals surface area (Å²) in [6.45, 7) is 0.757. The zero-order valence-electron chi connectivity index (χ0n) is 12.0. The predicted octanol–water partition coefficient (Wildman–Crippen LogP) is 3.58. The van der Waals surface area contributed by atoms with E-state index in [4.69, 9.17) is 4.74 Å². The molecule has 2 aliphatic heterocycles. The van der Waals surface area contributed by atoms with Gasteiger partial charge in [-0.25, -0.2) is 4.39 Å². The fraction of sp³-hybridized carbons (Fsp3) is 0.625. The first-order valence-electron chi connectivity index (χ1n) is 7.45. The standard InChI is InChI=1S/C16H21FO2S2/c17-13-2-1-3-14(8-13)21-10-15(18)12-4-6-19-16(9-12)5-7-20-11-16/h1-3,8,12,15,18H,4-7,9-11H2. The van der Waals surface area contributed by atoms with Crippen molar-refractivity contribution in [2.75, 3.05) is 23.9 Å². The number of hydrogen-bond acceptors (Lipinski definition) is 4. The van der Waals surface area contributed by atoms with E-state index in [0.717, 1.165) is 36.5 Å². The summed E-state index contributed by atoms with van der Waals surface area (Å²) in [5.41, 5.74) is 0.0120. The van der Waals surface area contributed by atoms with Gasteiger partial charge >= 0.3 is 0 Å². The van der Waals surface area contributed by atoms with E-state index in [1.165, 1.54) is 29.6 Å². The number of halogens is 1. The third-order valence-corrected chi connectivity index (χ3v) is 6.68. The van der Waals surface area contributed by atoms with Crippen molar-refractivity contribution < 1.29 is 14.2 Å². The maximum absolute atomic E-state index is 13.2. The van der Waals surface area contributed by atoms with E-state index in [1.807, 2.05) is 17.8 Å². The monoisotopic (exact) mass is 328 g/mol. The second-order valence-corrected chi connectivity index (χ2v) is 8.12. The SMILES string of the molecule is OC(CSc1cccc(F)c1)C1CCOC2(CCSC2)C1. The third-order valence-electron chi connectivity index (χ3n) is 4.36. The van der Waals surface area contributed by atoms with Crippen LogP contribution in [0.3, 0.4) is 0 Å². The predicted molar refractivity (Wildman–Crippen MR) is 86.5 cm³/mol. The summed E-state index contributed by atoms with van der Waals surface area (Å²) < 4.78 is 19.1. The minimum Gasteiger partial charge on any atom is -0.392 e. The molecule has 2 fully saturated rings. The van der Waals surface area contributed by atoms with Gasteiger partial charge in [0.15, 0.2) is 0 Å². The van der Waals surface area contributed by atoms with E-state index in [9.17, 15) is 9.50 Å². The minimum absolute atomic E-state index is 0.0120. The number of benzene rings is 1. The van der Waals surface area contributed by atoms with E-state index >= 15 is 0 Å². The molecule has 1 aromatic carbocycles. The highest BCUT2D eigenvalue weighted by Crippen LogP contribution is 2.41. The Labute approximate surface area is 133 Å². The molecule has 21 heavy (non-hydrogen) atoms. The van der Waals surface area contributed by atoms with Crippen molar-refractivity contribution in [3.8, 4) is 0 Å². The first-order valence-corrected chi connectivity index (χ1v) is 9.59. The van der Waals surface area contributed by atoms with Crippen molar-refractivity contribution in [2.24, 2.45) is 5.92 Å². The second-order valence-electron chi connectivity index (χ2n) is 5.92. The molecule has 3 unspecified atom stereocenters. The molecule has 3 atom stereocenters. The van der Waals surface area contributed by atoms with Crippen molar-refractivity contribution >= 4 is 23.5 Å². The van der Waals surface area contributed by atoms with Gasteiger partial charge in [0.05, 0.1) is 11.7 Å². The molecular formula is C16H21FO2S2. The summed E-state index contributed by atoms with van der Waals surface area (Å²) in [5.74, 6) is 2.94. The van der Waals surface area contributed by atoms with Gasteiger partial charge < -0.3 is 9.84 Å². The van der Waals surface area contributed by atoms with Gasteiger partial charge in [0.25, 0.3) is 0 Å². The van der Waals surface area contributed by atoms with Gasteiger partial charge in [0.1, 0.15) is 5.82 Å². The number of hydrogen-bond donors (Lipinski definition) is 1. The van der Waals surface area contributed by atoms with Crippen LogP contribution in [0.5, 0.6) is 0 Å². The summed E-state index contributed by atoms with van der Waals surface area (Å²) in [7, 11) is 0. The van der Waals surface area contributed by atoms with Crippen molar-refractivity contribution in [2.45, 2.75) is 35.9 Å². The lowest BCUT2D eigenvalue weighted by Crippen LogP contribution is -2.43. The number of rotatable bonds is 4. The highest BCUT2D eigenvalue weighted by atomic mass is 32.2. The van der Waals surface area contributed by atoms with Crippen molar-refractivity contribution in [3.05, 3.63) is 30.1 Å². The third kappa shape index (κ3) is 3.95. The van der Waals surface area contributed by atoms with Gasteiger partial charge in [-0.2, -0.15) is 11.8 Å². The highest BCUT2D eigenvalue weighted by Gasteiger charge is 2.42. The van der Waals surface area contributed by atoms with Crippen LogP contribution in [0, 0.1) is 11.7 Å². The van der Waals surface area contributed by atoms with Gasteiger partial charge in [0.2, 0.25) is 0 Å². The average molecular weight is 328 g/mol. The van der Waals surface area contributed by atoms with Crippen LogP contribution in [0.25, 0.3) is 0 Å². The van der Waals surface area contributed by atoms with Gasteiger partial charge in [-0.05, 0) is 49.1 Å². The zero-order valence-corrected chi connectivity index (χ0v) is 13.6. The quantitative estimate of drug-likeness (QED) is 0.856. The summed E-state index contributed by atoms with van der Waals surface area (Å²) in [4.78, 5) is 0.882. The van der Waals surface area contributed by atoms with Crippen LogP contribution in [0.4, 0.5) is 4.39 Å². The summed E-state index contributed by atoms with van der Waals surface area (Å²) in [6, 6.07) is 6.57. The van der Waals surface area contributed by atoms with E-state index in [0.29, 0.717) is 11.7 Å². The Hall–Kier alpha value is -0.230. The lowest BCUT2D eigenvalue weighted by atomic mass is 9.83. The molecule has 0 amide bonds. The molecule has 3 rings (SSSR count). The Morgan fingerprint density at radius 1 is 1.52 bits per heavy atom. The molecule has 116 valence electrons.